The van der Waals surface area contributed by atoms with Gasteiger partial charge in [-0.3, -0.25) is 5.41 Å². The van der Waals surface area contributed by atoms with Gasteiger partial charge >= 0.3 is 6.18 Å². The Kier molecular flexibility index (Phi) is 5.12. The Morgan fingerprint density at radius 3 is 2.37 bits per heavy atom. The molecule has 27 heavy (non-hydrogen) atoms. The number of nitrogens with one attached hydrogen (secondary N) is 1. The molecule has 0 aliphatic carbocycles. The van der Waals surface area contributed by atoms with Crippen LogP contribution in [0, 0.1) is 5.41 Å². The van der Waals surface area contributed by atoms with Crippen LogP contribution < -0.4 is 11.2 Å². The Hall–Kier alpha value is -2.58. The first kappa shape index (κ1) is 19.2. The number of halogens is 5. The second kappa shape index (κ2) is 7.21. The zero-order chi connectivity index (χ0) is 19.8. The van der Waals surface area contributed by atoms with Crippen molar-refractivity contribution in [3.63, 3.8) is 0 Å². The maximum atomic E-state index is 12.7. The Morgan fingerprint density at radius 1 is 1.07 bits per heavy atom. The summed E-state index contributed by atoms with van der Waals surface area (Å²) in [7, 11) is 0. The molecule has 0 saturated carbocycles. The summed E-state index contributed by atoms with van der Waals surface area (Å²) in [4.78, 5) is 3.94. The smallest absolute Gasteiger partial charge is 0.368 e. The largest absolute Gasteiger partial charge is 0.416 e. The average molecular weight is 414 g/mol. The highest BCUT2D eigenvalue weighted by molar-refractivity contribution is 6.43. The molecule has 0 amide bonds. The van der Waals surface area contributed by atoms with Gasteiger partial charge in [-0.2, -0.15) is 23.3 Å². The van der Waals surface area contributed by atoms with Gasteiger partial charge in [0.15, 0.2) is 5.49 Å². The molecule has 0 bridgehead atoms. The van der Waals surface area contributed by atoms with E-state index in [1.165, 1.54) is 16.8 Å². The lowest BCUT2D eigenvalue weighted by Gasteiger charge is -2.13. The zero-order valence-corrected chi connectivity index (χ0v) is 15.1. The van der Waals surface area contributed by atoms with Crippen LogP contribution >= 0.6 is 23.2 Å². The molecule has 0 spiro atoms. The molecular weight excluding hydrogens is 402 g/mol. The summed E-state index contributed by atoms with van der Waals surface area (Å²) in [6.07, 6.45) is -4.41. The number of hydrogen-bond donors (Lipinski definition) is 2. The number of nitrogen functional groups attached to an aromatic ring is 1. The molecule has 1 heterocycles. The summed E-state index contributed by atoms with van der Waals surface area (Å²) in [5, 5.41) is 12.8. The average Bonchev–Trinajstić information content (AvgIpc) is 2.60. The third-order valence-corrected chi connectivity index (χ3v) is 4.58. The highest BCUT2D eigenvalue weighted by atomic mass is 35.5. The van der Waals surface area contributed by atoms with Crippen LogP contribution in [0.25, 0.3) is 11.3 Å². The van der Waals surface area contributed by atoms with Gasteiger partial charge in [-0.1, -0.05) is 47.5 Å². The number of nitrogens with two attached hydrogens (primary N) is 1. The summed E-state index contributed by atoms with van der Waals surface area (Å²) < 4.78 is 39.3. The lowest BCUT2D eigenvalue weighted by molar-refractivity contribution is -0.137. The minimum absolute atomic E-state index is 0.0539. The van der Waals surface area contributed by atoms with Gasteiger partial charge in [0.2, 0.25) is 5.95 Å². The second-order valence-electron chi connectivity index (χ2n) is 5.62. The molecule has 0 fully saturated rings. The van der Waals surface area contributed by atoms with Crippen LogP contribution in [0.2, 0.25) is 10.0 Å². The number of hydrogen-bond acceptors (Lipinski definition) is 4. The maximum Gasteiger partial charge on any atom is 0.416 e. The maximum absolute atomic E-state index is 12.7. The van der Waals surface area contributed by atoms with E-state index < -0.39 is 11.7 Å². The van der Waals surface area contributed by atoms with E-state index in [9.17, 15) is 13.2 Å². The number of nitrogens with zero attached hydrogens (tertiary/aromatic N) is 3. The minimum atomic E-state index is -4.41. The standard InChI is InChI=1S/C17H12Cl2F3N5/c18-12-3-1-2-11(13(12)19)14-15(23)25-16(24)27(26-14)8-9-4-6-10(7-5-9)17(20,21)22/h1-7H,8H2,(H3,23,24,25). The third kappa shape index (κ3) is 4.06. The van der Waals surface area contributed by atoms with E-state index in [1.54, 1.807) is 18.2 Å². The number of aromatic nitrogens is 3. The second-order valence-corrected chi connectivity index (χ2v) is 6.41. The van der Waals surface area contributed by atoms with E-state index in [1.807, 2.05) is 0 Å². The zero-order valence-electron chi connectivity index (χ0n) is 13.6. The molecule has 1 aromatic heterocycles. The Bertz CT molecular complexity index is 1050. The van der Waals surface area contributed by atoms with Crippen LogP contribution in [0.3, 0.4) is 0 Å². The van der Waals surface area contributed by atoms with Gasteiger partial charge in [0.25, 0.3) is 0 Å². The third-order valence-electron chi connectivity index (χ3n) is 3.76. The van der Waals surface area contributed by atoms with Crippen molar-refractivity contribution >= 4 is 29.2 Å². The van der Waals surface area contributed by atoms with Crippen molar-refractivity contribution < 1.29 is 13.2 Å². The number of rotatable bonds is 3. The fraction of sp³-hybridized carbons (Fsp3) is 0.118. The normalized spacial score (nSPS) is 11.6. The molecule has 10 heteroatoms. The summed E-state index contributed by atoms with van der Waals surface area (Å²) >= 11 is 12.2. The van der Waals surface area contributed by atoms with Crippen molar-refractivity contribution in [3.05, 3.63) is 69.1 Å². The quantitative estimate of drug-likeness (QED) is 0.668. The summed E-state index contributed by atoms with van der Waals surface area (Å²) in [5.74, 6) is -0.0539. The van der Waals surface area contributed by atoms with E-state index in [-0.39, 0.29) is 28.7 Å². The van der Waals surface area contributed by atoms with Gasteiger partial charge in [-0.25, -0.2) is 4.68 Å². The van der Waals surface area contributed by atoms with Crippen molar-refractivity contribution in [1.29, 1.82) is 5.41 Å². The molecule has 3 N–H and O–H groups in total. The number of benzene rings is 2. The molecule has 3 rings (SSSR count). The molecular formula is C17H12Cl2F3N5. The first-order chi connectivity index (χ1) is 12.7. The van der Waals surface area contributed by atoms with Gasteiger partial charge in [-0.15, -0.1) is 0 Å². The Morgan fingerprint density at radius 2 is 1.74 bits per heavy atom. The molecule has 0 atom stereocenters. The first-order valence-corrected chi connectivity index (χ1v) is 8.32. The van der Waals surface area contributed by atoms with E-state index in [2.05, 4.69) is 10.1 Å². The lowest BCUT2D eigenvalue weighted by atomic mass is 10.1. The summed E-state index contributed by atoms with van der Waals surface area (Å²) in [6, 6.07) is 9.50. The van der Waals surface area contributed by atoms with E-state index in [4.69, 9.17) is 34.3 Å². The van der Waals surface area contributed by atoms with E-state index >= 15 is 0 Å². The molecule has 0 saturated heterocycles. The van der Waals surface area contributed by atoms with Crippen LogP contribution in [-0.2, 0) is 12.7 Å². The molecule has 2 aromatic carbocycles. The number of alkyl halides is 3. The van der Waals surface area contributed by atoms with Crippen molar-refractivity contribution in [2.75, 3.05) is 5.73 Å². The van der Waals surface area contributed by atoms with Crippen LogP contribution in [0.1, 0.15) is 11.1 Å². The van der Waals surface area contributed by atoms with Crippen LogP contribution in [0.15, 0.2) is 42.5 Å². The van der Waals surface area contributed by atoms with Crippen molar-refractivity contribution in [2.45, 2.75) is 12.7 Å². The van der Waals surface area contributed by atoms with Crippen molar-refractivity contribution in [1.82, 2.24) is 14.8 Å². The summed E-state index contributed by atoms with van der Waals surface area (Å²) in [5.41, 5.74) is 5.97. The van der Waals surface area contributed by atoms with Crippen LogP contribution in [0.5, 0.6) is 0 Å². The highest BCUT2D eigenvalue weighted by Crippen LogP contribution is 2.31. The van der Waals surface area contributed by atoms with E-state index in [0.717, 1.165) is 12.1 Å². The van der Waals surface area contributed by atoms with Gasteiger partial charge in [0.1, 0.15) is 5.69 Å². The van der Waals surface area contributed by atoms with Crippen molar-refractivity contribution in [2.24, 2.45) is 0 Å². The molecule has 0 unspecified atom stereocenters. The summed E-state index contributed by atoms with van der Waals surface area (Å²) in [6.45, 7) is 0.0719. The molecule has 0 aliphatic heterocycles. The fourth-order valence-electron chi connectivity index (χ4n) is 2.40. The monoisotopic (exact) mass is 413 g/mol. The fourth-order valence-corrected chi connectivity index (χ4v) is 2.79. The SMILES string of the molecule is N=c1nc(N)n(Cc2ccc(C(F)(F)F)cc2)nc1-c1cccc(Cl)c1Cl. The van der Waals surface area contributed by atoms with Gasteiger partial charge in [0, 0.05) is 5.56 Å². The molecule has 0 aliphatic rings. The highest BCUT2D eigenvalue weighted by Gasteiger charge is 2.29. The Balaban J connectivity index is 2.00. The minimum Gasteiger partial charge on any atom is -0.368 e. The predicted molar refractivity (Wildman–Crippen MR) is 96.3 cm³/mol. The van der Waals surface area contributed by atoms with Crippen LogP contribution in [0.4, 0.5) is 19.1 Å². The topological polar surface area (TPSA) is 80.6 Å². The van der Waals surface area contributed by atoms with Gasteiger partial charge in [-0.05, 0) is 23.8 Å². The van der Waals surface area contributed by atoms with Crippen molar-refractivity contribution in [3.8, 4) is 11.3 Å². The van der Waals surface area contributed by atoms with Gasteiger partial charge in [0.05, 0.1) is 22.2 Å². The Labute approximate surface area is 161 Å². The molecule has 5 nitrogen and oxygen atoms in total. The molecule has 140 valence electrons. The lowest BCUT2D eigenvalue weighted by Crippen LogP contribution is -2.23. The molecule has 3 aromatic rings. The van der Waals surface area contributed by atoms with E-state index in [0.29, 0.717) is 16.1 Å². The molecule has 0 radical (unpaired) electrons. The predicted octanol–water partition coefficient (Wildman–Crippen LogP) is 4.38. The van der Waals surface area contributed by atoms with Gasteiger partial charge < -0.3 is 5.73 Å². The van der Waals surface area contributed by atoms with Crippen LogP contribution in [-0.4, -0.2) is 14.8 Å². The number of anilines is 1. The first-order valence-electron chi connectivity index (χ1n) is 7.56.